The van der Waals surface area contributed by atoms with Crippen molar-refractivity contribution in [3.63, 3.8) is 0 Å². The standard InChI is InChI=1S/C31H32N2O5/c1-4-37-21-32-27(19-23-11-7-5-8-12-23)28(22(2)3)30(35)33(31(32)36)29(34)25-15-17-26(18-16-25)38-20-24-13-9-6-10-14-24/h5-18,22H,4,19-21H2,1-3H3. The van der Waals surface area contributed by atoms with E-state index in [4.69, 9.17) is 9.47 Å². The Bertz CT molecular complexity index is 1490. The van der Waals surface area contributed by atoms with E-state index in [1.54, 1.807) is 24.3 Å². The Balaban J connectivity index is 1.72. The van der Waals surface area contributed by atoms with E-state index in [1.807, 2.05) is 81.4 Å². The molecule has 1 aromatic heterocycles. The molecule has 0 aliphatic carbocycles. The van der Waals surface area contributed by atoms with Gasteiger partial charge in [0, 0.05) is 29.8 Å². The molecule has 4 rings (SSSR count). The van der Waals surface area contributed by atoms with Crippen molar-refractivity contribution in [2.24, 2.45) is 0 Å². The van der Waals surface area contributed by atoms with E-state index >= 15 is 0 Å². The first-order valence-electron chi connectivity index (χ1n) is 12.7. The number of hydrogen-bond acceptors (Lipinski definition) is 5. The summed E-state index contributed by atoms with van der Waals surface area (Å²) in [6, 6.07) is 25.8. The van der Waals surface area contributed by atoms with Gasteiger partial charge in [0.15, 0.2) is 0 Å². The molecule has 0 spiro atoms. The van der Waals surface area contributed by atoms with Crippen molar-refractivity contribution >= 4 is 5.91 Å². The van der Waals surface area contributed by atoms with Gasteiger partial charge in [-0.1, -0.05) is 74.5 Å². The van der Waals surface area contributed by atoms with Crippen LogP contribution in [0.25, 0.3) is 0 Å². The molecular weight excluding hydrogens is 480 g/mol. The summed E-state index contributed by atoms with van der Waals surface area (Å²) in [5, 5.41) is 0. The molecule has 0 radical (unpaired) electrons. The maximum Gasteiger partial charge on any atom is 0.340 e. The average molecular weight is 513 g/mol. The lowest BCUT2D eigenvalue weighted by Gasteiger charge is -2.21. The molecule has 1 heterocycles. The highest BCUT2D eigenvalue weighted by Crippen LogP contribution is 2.19. The van der Waals surface area contributed by atoms with Crippen molar-refractivity contribution in [3.05, 3.63) is 134 Å². The van der Waals surface area contributed by atoms with Gasteiger partial charge in [-0.15, -0.1) is 0 Å². The predicted molar refractivity (Wildman–Crippen MR) is 147 cm³/mol. The first-order valence-corrected chi connectivity index (χ1v) is 12.7. The Kier molecular flexibility index (Phi) is 8.71. The van der Waals surface area contributed by atoms with Gasteiger partial charge in [-0.2, -0.15) is 4.57 Å². The summed E-state index contributed by atoms with van der Waals surface area (Å²) >= 11 is 0. The second-order valence-electron chi connectivity index (χ2n) is 9.25. The lowest BCUT2D eigenvalue weighted by Crippen LogP contribution is -2.47. The third-order valence-electron chi connectivity index (χ3n) is 6.26. The van der Waals surface area contributed by atoms with Gasteiger partial charge < -0.3 is 9.47 Å². The Morgan fingerprint density at radius 1 is 0.842 bits per heavy atom. The molecule has 196 valence electrons. The maximum atomic E-state index is 13.7. The molecule has 0 amide bonds. The van der Waals surface area contributed by atoms with Crippen molar-refractivity contribution in [2.45, 2.75) is 46.4 Å². The second kappa shape index (κ2) is 12.3. The zero-order chi connectivity index (χ0) is 27.1. The van der Waals surface area contributed by atoms with Gasteiger partial charge >= 0.3 is 5.69 Å². The van der Waals surface area contributed by atoms with Gasteiger partial charge in [0.25, 0.3) is 11.5 Å². The smallest absolute Gasteiger partial charge is 0.340 e. The number of carbonyl (C=O) groups excluding carboxylic acids is 1. The van der Waals surface area contributed by atoms with Gasteiger partial charge in [0.05, 0.1) is 0 Å². The van der Waals surface area contributed by atoms with Crippen LogP contribution in [0.1, 0.15) is 59.4 Å². The van der Waals surface area contributed by atoms with Gasteiger partial charge in [-0.3, -0.25) is 14.2 Å². The number of hydrogen-bond donors (Lipinski definition) is 0. The topological polar surface area (TPSA) is 79.5 Å². The molecule has 38 heavy (non-hydrogen) atoms. The monoisotopic (exact) mass is 512 g/mol. The van der Waals surface area contributed by atoms with Gasteiger partial charge in [-0.25, -0.2) is 4.79 Å². The molecule has 0 saturated carbocycles. The van der Waals surface area contributed by atoms with Crippen molar-refractivity contribution in [2.75, 3.05) is 6.61 Å². The van der Waals surface area contributed by atoms with Crippen LogP contribution in [0.4, 0.5) is 0 Å². The highest BCUT2D eigenvalue weighted by Gasteiger charge is 2.25. The van der Waals surface area contributed by atoms with Gasteiger partial charge in [0.1, 0.15) is 19.1 Å². The zero-order valence-corrected chi connectivity index (χ0v) is 21.9. The number of carbonyl (C=O) groups is 1. The minimum Gasteiger partial charge on any atom is -0.489 e. The Morgan fingerprint density at radius 2 is 1.45 bits per heavy atom. The third-order valence-corrected chi connectivity index (χ3v) is 6.26. The largest absolute Gasteiger partial charge is 0.489 e. The SMILES string of the molecule is CCOCn1c(Cc2ccccc2)c(C(C)C)c(=O)n(C(=O)c2ccc(OCc3ccccc3)cc2)c1=O. The summed E-state index contributed by atoms with van der Waals surface area (Å²) in [5.41, 5.74) is 1.85. The Hall–Kier alpha value is -4.23. The molecule has 0 aliphatic heterocycles. The van der Waals surface area contributed by atoms with Crippen molar-refractivity contribution < 1.29 is 14.3 Å². The van der Waals surface area contributed by atoms with Crippen LogP contribution < -0.4 is 16.0 Å². The fourth-order valence-corrected chi connectivity index (χ4v) is 4.33. The van der Waals surface area contributed by atoms with Crippen LogP contribution in [-0.2, 0) is 24.5 Å². The summed E-state index contributed by atoms with van der Waals surface area (Å²) in [6.45, 7) is 6.30. The van der Waals surface area contributed by atoms with Crippen LogP contribution in [-0.4, -0.2) is 21.6 Å². The van der Waals surface area contributed by atoms with Crippen LogP contribution in [0.3, 0.4) is 0 Å². The molecule has 0 bridgehead atoms. The molecular formula is C31H32N2O5. The summed E-state index contributed by atoms with van der Waals surface area (Å²) in [4.78, 5) is 40.8. The van der Waals surface area contributed by atoms with E-state index in [1.165, 1.54) is 4.57 Å². The van der Waals surface area contributed by atoms with E-state index in [2.05, 4.69) is 0 Å². The summed E-state index contributed by atoms with van der Waals surface area (Å²) in [5.74, 6) is -0.330. The van der Waals surface area contributed by atoms with Crippen molar-refractivity contribution in [1.29, 1.82) is 0 Å². The van der Waals surface area contributed by atoms with Crippen LogP contribution in [0.15, 0.2) is 94.5 Å². The lowest BCUT2D eigenvalue weighted by molar-refractivity contribution is 0.0788. The van der Waals surface area contributed by atoms with E-state index in [0.717, 1.165) is 15.7 Å². The molecule has 7 heteroatoms. The molecule has 0 aliphatic rings. The number of rotatable bonds is 10. The van der Waals surface area contributed by atoms with Gasteiger partial charge in [-0.05, 0) is 48.2 Å². The first-order chi connectivity index (χ1) is 18.4. The molecule has 0 saturated heterocycles. The average Bonchev–Trinajstić information content (AvgIpc) is 2.93. The summed E-state index contributed by atoms with van der Waals surface area (Å²) < 4.78 is 13.5. The molecule has 3 aromatic carbocycles. The second-order valence-corrected chi connectivity index (χ2v) is 9.25. The Labute approximate surface area is 221 Å². The molecule has 7 nitrogen and oxygen atoms in total. The van der Waals surface area contributed by atoms with Crippen molar-refractivity contribution in [1.82, 2.24) is 9.13 Å². The molecule has 0 N–H and O–H groups in total. The highest BCUT2D eigenvalue weighted by molar-refractivity contribution is 5.95. The van der Waals surface area contributed by atoms with Crippen LogP contribution >= 0.6 is 0 Å². The minimum atomic E-state index is -0.715. The fourth-order valence-electron chi connectivity index (χ4n) is 4.33. The number of aromatic nitrogens is 2. The first kappa shape index (κ1) is 26.8. The van der Waals surface area contributed by atoms with E-state index < -0.39 is 17.2 Å². The van der Waals surface area contributed by atoms with E-state index in [0.29, 0.717) is 36.6 Å². The van der Waals surface area contributed by atoms with Crippen LogP contribution in [0.5, 0.6) is 5.75 Å². The minimum absolute atomic E-state index is 0.0585. The third kappa shape index (κ3) is 6.01. The molecule has 0 unspecified atom stereocenters. The summed E-state index contributed by atoms with van der Waals surface area (Å²) in [6.07, 6.45) is 0.369. The number of nitrogens with zero attached hydrogens (tertiary/aromatic N) is 2. The maximum absolute atomic E-state index is 13.7. The number of benzene rings is 3. The Morgan fingerprint density at radius 3 is 2.03 bits per heavy atom. The summed E-state index contributed by atoms with van der Waals surface area (Å²) in [7, 11) is 0. The molecule has 0 atom stereocenters. The van der Waals surface area contributed by atoms with E-state index in [9.17, 15) is 14.4 Å². The zero-order valence-electron chi connectivity index (χ0n) is 21.9. The van der Waals surface area contributed by atoms with E-state index in [-0.39, 0.29) is 18.2 Å². The molecule has 0 fully saturated rings. The van der Waals surface area contributed by atoms with Crippen molar-refractivity contribution in [3.8, 4) is 5.75 Å². The van der Waals surface area contributed by atoms with Crippen LogP contribution in [0, 0.1) is 0 Å². The number of ether oxygens (including phenoxy) is 2. The predicted octanol–water partition coefficient (Wildman–Crippen LogP) is 4.99. The fraction of sp³-hybridized carbons (Fsp3) is 0.258. The normalized spacial score (nSPS) is 11.1. The van der Waals surface area contributed by atoms with Crippen LogP contribution in [0.2, 0.25) is 0 Å². The molecule has 4 aromatic rings. The lowest BCUT2D eigenvalue weighted by atomic mass is 9.98. The van der Waals surface area contributed by atoms with Gasteiger partial charge in [0.2, 0.25) is 0 Å². The quantitative estimate of drug-likeness (QED) is 0.299. The highest BCUT2D eigenvalue weighted by atomic mass is 16.5.